The second kappa shape index (κ2) is 7.07. The number of ether oxygens (including phenoxy) is 1. The van der Waals surface area contributed by atoms with Crippen molar-refractivity contribution in [3.05, 3.63) is 59.4 Å². The summed E-state index contributed by atoms with van der Waals surface area (Å²) < 4.78 is 19.0. The van der Waals surface area contributed by atoms with E-state index in [1.54, 1.807) is 12.1 Å². The van der Waals surface area contributed by atoms with Gasteiger partial charge in [-0.15, -0.1) is 0 Å². The zero-order chi connectivity index (χ0) is 16.1. The Morgan fingerprint density at radius 1 is 1.18 bits per heavy atom. The Balaban J connectivity index is 1.91. The van der Waals surface area contributed by atoms with E-state index in [0.717, 1.165) is 5.56 Å². The second-order valence-corrected chi connectivity index (χ2v) is 5.54. The van der Waals surface area contributed by atoms with Crippen molar-refractivity contribution in [3.63, 3.8) is 0 Å². The van der Waals surface area contributed by atoms with Crippen molar-refractivity contribution in [2.24, 2.45) is 0 Å². The Hall–Kier alpha value is -2.36. The van der Waals surface area contributed by atoms with Crippen LogP contribution in [0.25, 0.3) is 0 Å². The molecule has 0 fully saturated rings. The summed E-state index contributed by atoms with van der Waals surface area (Å²) in [6, 6.07) is 12.2. The predicted molar refractivity (Wildman–Crippen MR) is 85.8 cm³/mol. The van der Waals surface area contributed by atoms with E-state index >= 15 is 0 Å². The van der Waals surface area contributed by atoms with Crippen molar-refractivity contribution >= 4 is 11.6 Å². The van der Waals surface area contributed by atoms with E-state index in [-0.39, 0.29) is 12.3 Å². The molecule has 1 N–H and O–H groups in total. The first kappa shape index (κ1) is 16.0. The quantitative estimate of drug-likeness (QED) is 0.895. The number of rotatable bonds is 5. The lowest BCUT2D eigenvalue weighted by molar-refractivity contribution is -0.118. The topological polar surface area (TPSA) is 38.3 Å². The van der Waals surface area contributed by atoms with Crippen LogP contribution in [0.5, 0.6) is 5.75 Å². The molecule has 0 atom stereocenters. The summed E-state index contributed by atoms with van der Waals surface area (Å²) in [7, 11) is 0. The number of carbonyl (C=O) groups is 1. The molecule has 0 heterocycles. The van der Waals surface area contributed by atoms with Gasteiger partial charge in [0.15, 0.2) is 6.61 Å². The fraction of sp³-hybridized carbons (Fsp3) is 0.278. The molecule has 0 aliphatic carbocycles. The summed E-state index contributed by atoms with van der Waals surface area (Å²) in [6.45, 7) is 5.90. The van der Waals surface area contributed by atoms with Gasteiger partial charge in [0, 0.05) is 0 Å². The number of amides is 1. The molecular weight excluding hydrogens is 281 g/mol. The Bertz CT molecular complexity index is 651. The Kier molecular flexibility index (Phi) is 5.15. The maximum atomic E-state index is 13.6. The molecule has 1 amide bonds. The highest BCUT2D eigenvalue weighted by atomic mass is 19.1. The van der Waals surface area contributed by atoms with E-state index in [0.29, 0.717) is 11.7 Å². The summed E-state index contributed by atoms with van der Waals surface area (Å²) in [5.41, 5.74) is 2.25. The lowest BCUT2D eigenvalue weighted by Crippen LogP contribution is -2.20. The highest BCUT2D eigenvalue weighted by Gasteiger charge is 2.08. The number of nitrogens with one attached hydrogen (secondary N) is 1. The van der Waals surface area contributed by atoms with Crippen LogP contribution in [0.15, 0.2) is 42.5 Å². The highest BCUT2D eigenvalue weighted by molar-refractivity contribution is 5.92. The van der Waals surface area contributed by atoms with Crippen LogP contribution < -0.4 is 10.1 Å². The van der Waals surface area contributed by atoms with E-state index in [2.05, 4.69) is 19.2 Å². The van der Waals surface area contributed by atoms with Gasteiger partial charge in [0.2, 0.25) is 0 Å². The minimum absolute atomic E-state index is 0.158. The Morgan fingerprint density at radius 3 is 2.50 bits per heavy atom. The van der Waals surface area contributed by atoms with Crippen LogP contribution in [0, 0.1) is 12.7 Å². The molecule has 0 saturated heterocycles. The van der Waals surface area contributed by atoms with E-state index in [9.17, 15) is 9.18 Å². The lowest BCUT2D eigenvalue weighted by Gasteiger charge is -2.10. The van der Waals surface area contributed by atoms with Crippen LogP contribution in [0.1, 0.15) is 30.9 Å². The molecule has 22 heavy (non-hydrogen) atoms. The molecule has 2 aromatic carbocycles. The molecule has 2 rings (SSSR count). The minimum atomic E-state index is -0.458. The van der Waals surface area contributed by atoms with Crippen molar-refractivity contribution in [2.45, 2.75) is 26.7 Å². The maximum Gasteiger partial charge on any atom is 0.262 e. The smallest absolute Gasteiger partial charge is 0.262 e. The van der Waals surface area contributed by atoms with Crippen LogP contribution in [-0.4, -0.2) is 12.5 Å². The molecular formula is C18H20FNO2. The second-order valence-electron chi connectivity index (χ2n) is 5.54. The van der Waals surface area contributed by atoms with Crippen LogP contribution in [-0.2, 0) is 4.79 Å². The Labute approximate surface area is 130 Å². The van der Waals surface area contributed by atoms with Crippen LogP contribution >= 0.6 is 0 Å². The van der Waals surface area contributed by atoms with E-state index in [1.807, 2.05) is 31.2 Å². The third kappa shape index (κ3) is 4.32. The van der Waals surface area contributed by atoms with Crippen molar-refractivity contribution in [3.8, 4) is 5.75 Å². The van der Waals surface area contributed by atoms with Crippen molar-refractivity contribution in [2.75, 3.05) is 11.9 Å². The molecule has 0 aromatic heterocycles. The van der Waals surface area contributed by atoms with Crippen molar-refractivity contribution in [1.82, 2.24) is 0 Å². The molecule has 0 bridgehead atoms. The third-order valence-electron chi connectivity index (χ3n) is 3.31. The highest BCUT2D eigenvalue weighted by Crippen LogP contribution is 2.19. The SMILES string of the molecule is Cc1ccc(F)c(NC(=O)COc2ccc(C(C)C)cc2)c1. The standard InChI is InChI=1S/C18H20FNO2/c1-12(2)14-5-7-15(8-6-14)22-11-18(21)20-17-10-13(3)4-9-16(17)19/h4-10,12H,11H2,1-3H3,(H,20,21). The largest absolute Gasteiger partial charge is 0.484 e. The summed E-state index contributed by atoms with van der Waals surface area (Å²) in [5.74, 6) is 0.212. The number of carbonyl (C=O) groups excluding carboxylic acids is 1. The normalized spacial score (nSPS) is 10.6. The molecule has 0 radical (unpaired) electrons. The van der Waals surface area contributed by atoms with Gasteiger partial charge in [0.05, 0.1) is 5.69 Å². The van der Waals surface area contributed by atoms with Gasteiger partial charge >= 0.3 is 0 Å². The summed E-state index contributed by atoms with van der Waals surface area (Å²) in [6.07, 6.45) is 0. The van der Waals surface area contributed by atoms with Gasteiger partial charge in [0.1, 0.15) is 11.6 Å². The molecule has 4 heteroatoms. The number of anilines is 1. The zero-order valence-electron chi connectivity index (χ0n) is 13.0. The summed E-state index contributed by atoms with van der Waals surface area (Å²) >= 11 is 0. The number of halogens is 1. The number of benzene rings is 2. The van der Waals surface area contributed by atoms with Gasteiger partial charge in [-0.3, -0.25) is 4.79 Å². The number of hydrogen-bond acceptors (Lipinski definition) is 2. The predicted octanol–water partition coefficient (Wildman–Crippen LogP) is 4.28. The monoisotopic (exact) mass is 301 g/mol. The summed E-state index contributed by atoms with van der Waals surface area (Å²) in [5, 5.41) is 2.51. The molecule has 0 aliphatic rings. The molecule has 116 valence electrons. The molecule has 0 saturated carbocycles. The zero-order valence-corrected chi connectivity index (χ0v) is 13.0. The molecule has 3 nitrogen and oxygen atoms in total. The molecule has 0 unspecified atom stereocenters. The summed E-state index contributed by atoms with van der Waals surface area (Å²) in [4.78, 5) is 11.8. The fourth-order valence-electron chi connectivity index (χ4n) is 2.02. The lowest BCUT2D eigenvalue weighted by atomic mass is 10.0. The fourth-order valence-corrected chi connectivity index (χ4v) is 2.02. The molecule has 2 aromatic rings. The van der Waals surface area contributed by atoms with E-state index < -0.39 is 11.7 Å². The maximum absolute atomic E-state index is 13.6. The van der Waals surface area contributed by atoms with Crippen molar-refractivity contribution < 1.29 is 13.9 Å². The first-order valence-corrected chi connectivity index (χ1v) is 7.24. The first-order chi connectivity index (χ1) is 10.5. The van der Waals surface area contributed by atoms with Gasteiger partial charge in [-0.05, 0) is 48.2 Å². The first-order valence-electron chi connectivity index (χ1n) is 7.24. The average molecular weight is 301 g/mol. The van der Waals surface area contributed by atoms with Gasteiger partial charge in [0.25, 0.3) is 5.91 Å². The van der Waals surface area contributed by atoms with Gasteiger partial charge < -0.3 is 10.1 Å². The van der Waals surface area contributed by atoms with Crippen LogP contribution in [0.2, 0.25) is 0 Å². The van der Waals surface area contributed by atoms with Gasteiger partial charge in [-0.1, -0.05) is 32.0 Å². The Morgan fingerprint density at radius 2 is 1.86 bits per heavy atom. The number of hydrogen-bond donors (Lipinski definition) is 1. The third-order valence-corrected chi connectivity index (χ3v) is 3.31. The minimum Gasteiger partial charge on any atom is -0.484 e. The van der Waals surface area contributed by atoms with Gasteiger partial charge in [-0.2, -0.15) is 0 Å². The molecule has 0 aliphatic heterocycles. The van der Waals surface area contributed by atoms with E-state index in [4.69, 9.17) is 4.74 Å². The molecule has 0 spiro atoms. The van der Waals surface area contributed by atoms with Crippen molar-refractivity contribution in [1.29, 1.82) is 0 Å². The van der Waals surface area contributed by atoms with Crippen LogP contribution in [0.3, 0.4) is 0 Å². The average Bonchev–Trinajstić information content (AvgIpc) is 2.49. The van der Waals surface area contributed by atoms with Crippen LogP contribution in [0.4, 0.5) is 10.1 Å². The van der Waals surface area contributed by atoms with E-state index in [1.165, 1.54) is 11.6 Å². The number of aryl methyl sites for hydroxylation is 1. The van der Waals surface area contributed by atoms with Gasteiger partial charge in [-0.25, -0.2) is 4.39 Å².